The summed E-state index contributed by atoms with van der Waals surface area (Å²) < 4.78 is 2.04. The molecule has 30 heavy (non-hydrogen) atoms. The number of aromatic nitrogens is 2. The van der Waals surface area contributed by atoms with Gasteiger partial charge in [-0.15, -0.1) is 0 Å². The van der Waals surface area contributed by atoms with E-state index < -0.39 is 6.04 Å². The molecule has 2 heterocycles. The highest BCUT2D eigenvalue weighted by molar-refractivity contribution is 6.42. The molecule has 4 aromatic rings. The fraction of sp³-hybridized carbons (Fsp3) is 0.167. The van der Waals surface area contributed by atoms with Crippen molar-refractivity contribution in [3.05, 3.63) is 99.8 Å². The van der Waals surface area contributed by atoms with Crippen molar-refractivity contribution in [3.63, 3.8) is 0 Å². The highest BCUT2D eigenvalue weighted by Gasteiger charge is 2.36. The van der Waals surface area contributed by atoms with Gasteiger partial charge in [-0.3, -0.25) is 4.79 Å². The molecule has 1 aromatic heterocycles. The first-order valence-corrected chi connectivity index (χ1v) is 10.6. The standard InChI is InChI=1S/C24H19Cl2N3O/c25-18-11-10-17(14-19(18)26)23-24(30)28(13-12-16-6-2-1-3-7-16)15-22-27-20-8-4-5-9-21(20)29(22)23/h1-11,14,23H,12-13,15H2. The Labute approximate surface area is 184 Å². The molecule has 4 nitrogen and oxygen atoms in total. The molecule has 0 saturated heterocycles. The average Bonchev–Trinajstić information content (AvgIpc) is 3.13. The van der Waals surface area contributed by atoms with Gasteiger partial charge in [-0.25, -0.2) is 4.98 Å². The van der Waals surface area contributed by atoms with Gasteiger partial charge in [0.1, 0.15) is 11.9 Å². The van der Waals surface area contributed by atoms with Crippen LogP contribution in [-0.2, 0) is 17.8 Å². The van der Waals surface area contributed by atoms with Gasteiger partial charge < -0.3 is 9.47 Å². The smallest absolute Gasteiger partial charge is 0.250 e. The number of hydrogen-bond acceptors (Lipinski definition) is 2. The van der Waals surface area contributed by atoms with E-state index in [1.54, 1.807) is 12.1 Å². The van der Waals surface area contributed by atoms with Gasteiger partial charge in [-0.1, -0.05) is 71.7 Å². The van der Waals surface area contributed by atoms with Crippen LogP contribution < -0.4 is 0 Å². The first-order valence-electron chi connectivity index (χ1n) is 9.85. The van der Waals surface area contributed by atoms with E-state index in [2.05, 4.69) is 12.1 Å². The Morgan fingerprint density at radius 1 is 0.933 bits per heavy atom. The Hall–Kier alpha value is -2.82. The molecule has 0 N–H and O–H groups in total. The zero-order valence-electron chi connectivity index (χ0n) is 16.1. The van der Waals surface area contributed by atoms with Gasteiger partial charge in [0.15, 0.2) is 0 Å². The Kier molecular flexibility index (Phi) is 4.97. The van der Waals surface area contributed by atoms with Crippen LogP contribution in [0.5, 0.6) is 0 Å². The SMILES string of the molecule is O=C1C(c2ccc(Cl)c(Cl)c2)n2c(nc3ccccc32)CN1CCc1ccccc1. The van der Waals surface area contributed by atoms with E-state index in [1.807, 2.05) is 58.0 Å². The largest absolute Gasteiger partial charge is 0.333 e. The molecule has 0 spiro atoms. The maximum Gasteiger partial charge on any atom is 0.250 e. The van der Waals surface area contributed by atoms with Gasteiger partial charge in [-0.2, -0.15) is 0 Å². The number of rotatable bonds is 4. The van der Waals surface area contributed by atoms with Gasteiger partial charge in [0.05, 0.1) is 27.6 Å². The summed E-state index contributed by atoms with van der Waals surface area (Å²) in [5.41, 5.74) is 3.84. The molecule has 1 unspecified atom stereocenters. The van der Waals surface area contributed by atoms with Crippen LogP contribution >= 0.6 is 23.2 Å². The number of carbonyl (C=O) groups is 1. The Morgan fingerprint density at radius 3 is 2.50 bits per heavy atom. The lowest BCUT2D eigenvalue weighted by Crippen LogP contribution is -2.44. The van der Waals surface area contributed by atoms with Crippen molar-refractivity contribution in [2.75, 3.05) is 6.54 Å². The third-order valence-electron chi connectivity index (χ3n) is 5.58. The van der Waals surface area contributed by atoms with E-state index in [0.717, 1.165) is 28.8 Å². The molecule has 3 aromatic carbocycles. The van der Waals surface area contributed by atoms with Crippen molar-refractivity contribution in [1.29, 1.82) is 0 Å². The molecular weight excluding hydrogens is 417 g/mol. The number of halogens is 2. The van der Waals surface area contributed by atoms with Gasteiger partial charge in [0.2, 0.25) is 0 Å². The van der Waals surface area contributed by atoms with Crippen LogP contribution in [0, 0.1) is 0 Å². The lowest BCUT2D eigenvalue weighted by molar-refractivity contribution is -0.136. The minimum Gasteiger partial charge on any atom is -0.333 e. The maximum absolute atomic E-state index is 13.6. The third kappa shape index (κ3) is 3.36. The third-order valence-corrected chi connectivity index (χ3v) is 6.32. The monoisotopic (exact) mass is 435 g/mol. The summed E-state index contributed by atoms with van der Waals surface area (Å²) in [7, 11) is 0. The molecule has 6 heteroatoms. The Morgan fingerprint density at radius 2 is 1.70 bits per heavy atom. The Bertz CT molecular complexity index is 1240. The summed E-state index contributed by atoms with van der Waals surface area (Å²) in [6.45, 7) is 1.11. The molecule has 0 radical (unpaired) electrons. The van der Waals surface area contributed by atoms with E-state index in [9.17, 15) is 4.79 Å². The molecule has 0 saturated carbocycles. The number of para-hydroxylation sites is 2. The fourth-order valence-corrected chi connectivity index (χ4v) is 4.40. The van der Waals surface area contributed by atoms with Crippen LogP contribution in [0.4, 0.5) is 0 Å². The number of carbonyl (C=O) groups excluding carboxylic acids is 1. The summed E-state index contributed by atoms with van der Waals surface area (Å²) >= 11 is 12.4. The number of benzene rings is 3. The van der Waals surface area contributed by atoms with Crippen molar-refractivity contribution in [2.45, 2.75) is 19.0 Å². The normalized spacial score (nSPS) is 16.1. The maximum atomic E-state index is 13.6. The van der Waals surface area contributed by atoms with Crippen molar-refractivity contribution < 1.29 is 4.79 Å². The number of amides is 1. The summed E-state index contributed by atoms with van der Waals surface area (Å²) in [6, 6.07) is 23.0. The lowest BCUT2D eigenvalue weighted by Gasteiger charge is -2.34. The van der Waals surface area contributed by atoms with Crippen LogP contribution in [0.2, 0.25) is 10.0 Å². The topological polar surface area (TPSA) is 38.1 Å². The van der Waals surface area contributed by atoms with Gasteiger partial charge in [0.25, 0.3) is 5.91 Å². The predicted molar refractivity (Wildman–Crippen MR) is 120 cm³/mol. The first kappa shape index (κ1) is 19.2. The van der Waals surface area contributed by atoms with Crippen molar-refractivity contribution in [2.24, 2.45) is 0 Å². The molecule has 0 aliphatic carbocycles. The van der Waals surface area contributed by atoms with E-state index in [0.29, 0.717) is 23.1 Å². The quantitative estimate of drug-likeness (QED) is 0.423. The highest BCUT2D eigenvalue weighted by Crippen LogP contribution is 2.35. The molecular formula is C24H19Cl2N3O. The number of fused-ring (bicyclic) bond motifs is 3. The van der Waals surface area contributed by atoms with Crippen molar-refractivity contribution in [1.82, 2.24) is 14.5 Å². The van der Waals surface area contributed by atoms with E-state index in [4.69, 9.17) is 28.2 Å². The average molecular weight is 436 g/mol. The zero-order chi connectivity index (χ0) is 20.7. The molecule has 1 atom stereocenters. The van der Waals surface area contributed by atoms with Gasteiger partial charge in [-0.05, 0) is 41.8 Å². The molecule has 1 aliphatic heterocycles. The molecule has 5 rings (SSSR count). The van der Waals surface area contributed by atoms with Gasteiger partial charge in [0, 0.05) is 6.54 Å². The molecule has 0 fully saturated rings. The van der Waals surface area contributed by atoms with Crippen LogP contribution in [0.3, 0.4) is 0 Å². The number of hydrogen-bond donors (Lipinski definition) is 0. The van der Waals surface area contributed by atoms with Crippen molar-refractivity contribution in [3.8, 4) is 0 Å². The molecule has 1 amide bonds. The second-order valence-corrected chi connectivity index (χ2v) is 8.27. The fourth-order valence-electron chi connectivity index (χ4n) is 4.10. The number of imidazole rings is 1. The summed E-state index contributed by atoms with van der Waals surface area (Å²) in [5.74, 6) is 0.917. The number of nitrogens with zero attached hydrogens (tertiary/aromatic N) is 3. The minimum absolute atomic E-state index is 0.0416. The van der Waals surface area contributed by atoms with Crippen LogP contribution in [-0.4, -0.2) is 26.9 Å². The van der Waals surface area contributed by atoms with Gasteiger partial charge >= 0.3 is 0 Å². The van der Waals surface area contributed by atoms with E-state index in [1.165, 1.54) is 5.56 Å². The molecule has 1 aliphatic rings. The summed E-state index contributed by atoms with van der Waals surface area (Å²) in [4.78, 5) is 20.4. The van der Waals surface area contributed by atoms with E-state index >= 15 is 0 Å². The van der Waals surface area contributed by atoms with E-state index in [-0.39, 0.29) is 5.91 Å². The van der Waals surface area contributed by atoms with Crippen LogP contribution in [0.15, 0.2) is 72.8 Å². The first-order chi connectivity index (χ1) is 14.6. The predicted octanol–water partition coefficient (Wildman–Crippen LogP) is 5.52. The highest BCUT2D eigenvalue weighted by atomic mass is 35.5. The van der Waals surface area contributed by atoms with Crippen molar-refractivity contribution >= 4 is 40.1 Å². The Balaban J connectivity index is 1.58. The van der Waals surface area contributed by atoms with Crippen LogP contribution in [0.25, 0.3) is 11.0 Å². The second kappa shape index (κ2) is 7.78. The second-order valence-electron chi connectivity index (χ2n) is 7.46. The van der Waals surface area contributed by atoms with Crippen LogP contribution in [0.1, 0.15) is 23.0 Å². The lowest BCUT2D eigenvalue weighted by atomic mass is 10.0. The summed E-state index contributed by atoms with van der Waals surface area (Å²) in [6.07, 6.45) is 0.793. The molecule has 0 bridgehead atoms. The minimum atomic E-state index is -0.522. The summed E-state index contributed by atoms with van der Waals surface area (Å²) in [5, 5.41) is 0.912. The zero-order valence-corrected chi connectivity index (χ0v) is 17.6. The molecule has 150 valence electrons.